The molecule has 2 aromatic rings. The van der Waals surface area contributed by atoms with E-state index in [1.807, 2.05) is 0 Å². The number of rotatable bonds is 3. The molecule has 8 heteroatoms. The number of methoxy groups -OCH3 is 1. The fraction of sp³-hybridized carbons (Fsp3) is 0.455. The highest BCUT2D eigenvalue weighted by Crippen LogP contribution is 2.23. The summed E-state index contributed by atoms with van der Waals surface area (Å²) in [5.41, 5.74) is 0.509. The van der Waals surface area contributed by atoms with Gasteiger partial charge in [-0.2, -0.15) is 4.98 Å². The monoisotopic (exact) mass is 263 g/mol. The molecule has 1 aliphatic heterocycles. The molecule has 3 heterocycles. The molecule has 2 N–H and O–H groups in total. The van der Waals surface area contributed by atoms with E-state index in [2.05, 4.69) is 25.7 Å². The van der Waals surface area contributed by atoms with E-state index in [0.717, 1.165) is 0 Å². The predicted octanol–water partition coefficient (Wildman–Crippen LogP) is -0.0695. The predicted molar refractivity (Wildman–Crippen MR) is 63.2 cm³/mol. The first-order valence-electron chi connectivity index (χ1n) is 5.89. The van der Waals surface area contributed by atoms with Gasteiger partial charge < -0.3 is 19.7 Å². The van der Waals surface area contributed by atoms with Crippen LogP contribution < -0.4 is 10.1 Å². The van der Waals surface area contributed by atoms with Crippen LogP contribution in [0.5, 0.6) is 5.88 Å². The zero-order valence-electron chi connectivity index (χ0n) is 10.3. The molecule has 1 fully saturated rings. The van der Waals surface area contributed by atoms with Gasteiger partial charge >= 0.3 is 0 Å². The van der Waals surface area contributed by atoms with Gasteiger partial charge in [-0.25, -0.2) is 0 Å². The Kier molecular flexibility index (Phi) is 3.10. The molecule has 8 nitrogen and oxygen atoms in total. The molecule has 0 aliphatic carbocycles. The maximum absolute atomic E-state index is 9.45. The Balaban J connectivity index is 1.80. The number of aliphatic hydroxyl groups is 1. The van der Waals surface area contributed by atoms with Gasteiger partial charge in [0.1, 0.15) is 5.69 Å². The van der Waals surface area contributed by atoms with Crippen molar-refractivity contribution in [3.05, 3.63) is 18.0 Å². The first-order chi connectivity index (χ1) is 9.26. The Hall–Kier alpha value is -2.06. The van der Waals surface area contributed by atoms with Crippen molar-refractivity contribution in [3.8, 4) is 17.4 Å². The van der Waals surface area contributed by atoms with Crippen molar-refractivity contribution in [2.45, 2.75) is 18.6 Å². The van der Waals surface area contributed by atoms with Crippen LogP contribution >= 0.6 is 0 Å². The summed E-state index contributed by atoms with van der Waals surface area (Å²) < 4.78 is 10.1. The van der Waals surface area contributed by atoms with Gasteiger partial charge in [0.15, 0.2) is 0 Å². The Labute approximate surface area is 108 Å². The van der Waals surface area contributed by atoms with Crippen LogP contribution in [-0.4, -0.2) is 45.2 Å². The van der Waals surface area contributed by atoms with Gasteiger partial charge in [-0.1, -0.05) is 5.16 Å². The van der Waals surface area contributed by atoms with Crippen LogP contribution in [0.15, 0.2) is 16.7 Å². The molecule has 2 aromatic heterocycles. The van der Waals surface area contributed by atoms with Gasteiger partial charge in [-0.3, -0.25) is 0 Å². The SMILES string of the molecule is COc1ccc(-c2noc([C@H]3C[C@H](O)CN3)n2)nn1. The highest BCUT2D eigenvalue weighted by atomic mass is 16.5. The summed E-state index contributed by atoms with van der Waals surface area (Å²) in [6.45, 7) is 0.532. The summed E-state index contributed by atoms with van der Waals surface area (Å²) in [5, 5.41) is 24.2. The van der Waals surface area contributed by atoms with Crippen LogP contribution in [0.4, 0.5) is 0 Å². The van der Waals surface area contributed by atoms with E-state index in [1.165, 1.54) is 7.11 Å². The average molecular weight is 263 g/mol. The lowest BCUT2D eigenvalue weighted by Gasteiger charge is -2.01. The van der Waals surface area contributed by atoms with Gasteiger partial charge in [0, 0.05) is 12.6 Å². The van der Waals surface area contributed by atoms with Crippen LogP contribution in [0.3, 0.4) is 0 Å². The van der Waals surface area contributed by atoms with E-state index in [9.17, 15) is 5.11 Å². The number of nitrogens with zero attached hydrogens (tertiary/aromatic N) is 4. The van der Waals surface area contributed by atoms with Gasteiger partial charge in [0.2, 0.25) is 17.6 Å². The molecule has 1 saturated heterocycles. The second-order valence-corrected chi connectivity index (χ2v) is 4.27. The summed E-state index contributed by atoms with van der Waals surface area (Å²) in [5.74, 6) is 1.24. The largest absolute Gasteiger partial charge is 0.480 e. The quantitative estimate of drug-likeness (QED) is 0.792. The van der Waals surface area contributed by atoms with E-state index in [0.29, 0.717) is 36.3 Å². The maximum Gasteiger partial charge on any atom is 0.244 e. The molecule has 0 saturated carbocycles. The number of hydrogen-bond acceptors (Lipinski definition) is 8. The minimum atomic E-state index is -0.374. The van der Waals surface area contributed by atoms with Crippen molar-refractivity contribution in [1.82, 2.24) is 25.7 Å². The molecule has 3 rings (SSSR count). The van der Waals surface area contributed by atoms with E-state index < -0.39 is 0 Å². The third-order valence-electron chi connectivity index (χ3n) is 2.93. The number of nitrogens with one attached hydrogen (secondary N) is 1. The van der Waals surface area contributed by atoms with Gasteiger partial charge in [0.05, 0.1) is 19.3 Å². The number of aromatic nitrogens is 4. The highest BCUT2D eigenvalue weighted by Gasteiger charge is 2.28. The maximum atomic E-state index is 9.45. The number of aliphatic hydroxyl groups excluding tert-OH is 1. The lowest BCUT2D eigenvalue weighted by molar-refractivity contribution is 0.191. The first-order valence-corrected chi connectivity index (χ1v) is 5.89. The zero-order valence-corrected chi connectivity index (χ0v) is 10.3. The molecule has 0 amide bonds. The highest BCUT2D eigenvalue weighted by molar-refractivity contribution is 5.47. The average Bonchev–Trinajstić information content (AvgIpc) is 3.07. The molecule has 0 radical (unpaired) electrons. The summed E-state index contributed by atoms with van der Waals surface area (Å²) >= 11 is 0. The summed E-state index contributed by atoms with van der Waals surface area (Å²) in [4.78, 5) is 4.26. The van der Waals surface area contributed by atoms with E-state index in [-0.39, 0.29) is 12.1 Å². The molecule has 0 spiro atoms. The number of ether oxygens (including phenoxy) is 1. The van der Waals surface area contributed by atoms with E-state index in [4.69, 9.17) is 9.26 Å². The molecule has 19 heavy (non-hydrogen) atoms. The Morgan fingerprint density at radius 2 is 2.32 bits per heavy atom. The van der Waals surface area contributed by atoms with Crippen LogP contribution in [-0.2, 0) is 0 Å². The van der Waals surface area contributed by atoms with Gasteiger partial charge in [0.25, 0.3) is 0 Å². The Morgan fingerprint density at radius 3 is 2.95 bits per heavy atom. The molecule has 1 aliphatic rings. The van der Waals surface area contributed by atoms with Crippen molar-refractivity contribution in [1.29, 1.82) is 0 Å². The molecule has 2 atom stereocenters. The van der Waals surface area contributed by atoms with Crippen molar-refractivity contribution in [2.24, 2.45) is 0 Å². The smallest absolute Gasteiger partial charge is 0.244 e. The van der Waals surface area contributed by atoms with Crippen molar-refractivity contribution >= 4 is 0 Å². The third-order valence-corrected chi connectivity index (χ3v) is 2.93. The van der Waals surface area contributed by atoms with Crippen molar-refractivity contribution in [2.75, 3.05) is 13.7 Å². The minimum absolute atomic E-state index is 0.109. The number of hydrogen-bond donors (Lipinski definition) is 2. The second kappa shape index (κ2) is 4.90. The minimum Gasteiger partial charge on any atom is -0.480 e. The van der Waals surface area contributed by atoms with Gasteiger partial charge in [-0.15, -0.1) is 10.2 Å². The topological polar surface area (TPSA) is 106 Å². The Morgan fingerprint density at radius 1 is 1.42 bits per heavy atom. The standard InChI is InChI=1S/C11H13N5O3/c1-18-9-3-2-7(14-15-9)10-13-11(19-16-10)8-4-6(17)5-12-8/h2-3,6,8,12,17H,4-5H2,1H3/t6-,8+/m0/s1. The lowest BCUT2D eigenvalue weighted by Crippen LogP contribution is -2.15. The Bertz CT molecular complexity index is 556. The normalized spacial score (nSPS) is 22.6. The van der Waals surface area contributed by atoms with Crippen molar-refractivity contribution in [3.63, 3.8) is 0 Å². The molecular weight excluding hydrogens is 250 g/mol. The second-order valence-electron chi connectivity index (χ2n) is 4.27. The van der Waals surface area contributed by atoms with Crippen LogP contribution in [0, 0.1) is 0 Å². The van der Waals surface area contributed by atoms with E-state index >= 15 is 0 Å². The third kappa shape index (κ3) is 2.40. The summed E-state index contributed by atoms with van der Waals surface area (Å²) in [6, 6.07) is 3.27. The fourth-order valence-corrected chi connectivity index (χ4v) is 1.93. The van der Waals surface area contributed by atoms with Crippen molar-refractivity contribution < 1.29 is 14.4 Å². The summed E-state index contributed by atoms with van der Waals surface area (Å²) in [7, 11) is 1.52. The lowest BCUT2D eigenvalue weighted by atomic mass is 10.2. The van der Waals surface area contributed by atoms with Gasteiger partial charge in [-0.05, 0) is 12.5 Å². The number of β-amino-alcohol motifs (C(OH)–C–C–N with tert-alkyl or cyclic N) is 1. The van der Waals surface area contributed by atoms with Crippen LogP contribution in [0.2, 0.25) is 0 Å². The molecular formula is C11H13N5O3. The van der Waals surface area contributed by atoms with Crippen LogP contribution in [0.1, 0.15) is 18.4 Å². The molecule has 100 valence electrons. The molecule has 0 aromatic carbocycles. The van der Waals surface area contributed by atoms with E-state index in [1.54, 1.807) is 12.1 Å². The zero-order chi connectivity index (χ0) is 13.2. The fourth-order valence-electron chi connectivity index (χ4n) is 1.93. The molecule has 0 bridgehead atoms. The summed E-state index contributed by atoms with van der Waals surface area (Å²) in [6.07, 6.45) is 0.191. The first kappa shape index (κ1) is 12.0. The van der Waals surface area contributed by atoms with Crippen LogP contribution in [0.25, 0.3) is 11.5 Å². The molecule has 0 unspecified atom stereocenters.